The molecule has 0 fully saturated rings. The van der Waals surface area contributed by atoms with E-state index in [0.717, 1.165) is 10.0 Å². The number of ether oxygens (including phenoxy) is 2. The van der Waals surface area contributed by atoms with Gasteiger partial charge in [0.1, 0.15) is 12.4 Å². The Morgan fingerprint density at radius 1 is 1.16 bits per heavy atom. The summed E-state index contributed by atoms with van der Waals surface area (Å²) in [4.78, 5) is 35.6. The van der Waals surface area contributed by atoms with Crippen molar-refractivity contribution >= 4 is 33.7 Å². The lowest BCUT2D eigenvalue weighted by atomic mass is 10.0. The van der Waals surface area contributed by atoms with Crippen LogP contribution in [0.2, 0.25) is 0 Å². The molecule has 0 aliphatic carbocycles. The number of amides is 2. The van der Waals surface area contributed by atoms with Crippen molar-refractivity contribution in [3.8, 4) is 5.75 Å². The Bertz CT molecular complexity index is 878. The maximum atomic E-state index is 12.1. The highest BCUT2D eigenvalue weighted by atomic mass is 79.9. The maximum Gasteiger partial charge on any atom is 0.310 e. The number of imide groups is 1. The molecular weight excluding hydrogens is 390 g/mol. The third kappa shape index (κ3) is 3.56. The Labute approximate surface area is 152 Å². The Morgan fingerprint density at radius 3 is 2.72 bits per heavy atom. The van der Waals surface area contributed by atoms with E-state index in [0.29, 0.717) is 11.3 Å². The lowest BCUT2D eigenvalue weighted by Crippen LogP contribution is -2.20. The number of nitrogens with one attached hydrogen (secondary N) is 1. The van der Waals surface area contributed by atoms with Crippen LogP contribution in [0.15, 0.2) is 40.9 Å². The molecule has 0 saturated heterocycles. The normalized spacial score (nSPS) is 12.6. The molecule has 7 heteroatoms. The molecule has 2 aromatic rings. The number of halogens is 1. The van der Waals surface area contributed by atoms with Crippen molar-refractivity contribution in [3.05, 3.63) is 63.1 Å². The minimum Gasteiger partial charge on any atom is -0.496 e. The van der Waals surface area contributed by atoms with Gasteiger partial charge in [-0.1, -0.05) is 18.2 Å². The van der Waals surface area contributed by atoms with Crippen molar-refractivity contribution in [1.82, 2.24) is 5.32 Å². The SMILES string of the molecule is COc1cc(COC(=O)Cc2cccc3c2C(=O)NC3=O)ccc1Br. The number of hydrogen-bond donors (Lipinski definition) is 1. The van der Waals surface area contributed by atoms with Crippen molar-refractivity contribution in [1.29, 1.82) is 0 Å². The van der Waals surface area contributed by atoms with Gasteiger partial charge in [-0.15, -0.1) is 0 Å². The third-order valence-corrected chi connectivity index (χ3v) is 4.45. The van der Waals surface area contributed by atoms with Crippen LogP contribution < -0.4 is 10.1 Å². The van der Waals surface area contributed by atoms with Crippen LogP contribution in [0.3, 0.4) is 0 Å². The first-order valence-electron chi connectivity index (χ1n) is 7.45. The Balaban J connectivity index is 1.68. The molecule has 0 bridgehead atoms. The van der Waals surface area contributed by atoms with Crippen molar-refractivity contribution in [2.45, 2.75) is 13.0 Å². The van der Waals surface area contributed by atoms with Gasteiger partial charge in [-0.25, -0.2) is 0 Å². The smallest absolute Gasteiger partial charge is 0.310 e. The lowest BCUT2D eigenvalue weighted by Gasteiger charge is -2.09. The Kier molecular flexibility index (Phi) is 4.85. The molecule has 128 valence electrons. The van der Waals surface area contributed by atoms with Gasteiger partial charge in [-0.05, 0) is 45.3 Å². The number of hydrogen-bond acceptors (Lipinski definition) is 5. The number of benzene rings is 2. The van der Waals surface area contributed by atoms with Gasteiger partial charge in [0.2, 0.25) is 0 Å². The van der Waals surface area contributed by atoms with E-state index in [9.17, 15) is 14.4 Å². The maximum absolute atomic E-state index is 12.1. The first-order chi connectivity index (χ1) is 12.0. The van der Waals surface area contributed by atoms with E-state index in [2.05, 4.69) is 21.2 Å². The van der Waals surface area contributed by atoms with E-state index >= 15 is 0 Å². The molecule has 25 heavy (non-hydrogen) atoms. The van der Waals surface area contributed by atoms with Crippen molar-refractivity contribution < 1.29 is 23.9 Å². The fourth-order valence-electron chi connectivity index (χ4n) is 2.60. The molecular formula is C18H14BrNO5. The van der Waals surface area contributed by atoms with Crippen LogP contribution in [0.5, 0.6) is 5.75 Å². The molecule has 1 heterocycles. The minimum absolute atomic E-state index is 0.0858. The molecule has 3 rings (SSSR count). The van der Waals surface area contributed by atoms with Crippen LogP contribution in [-0.4, -0.2) is 24.9 Å². The third-order valence-electron chi connectivity index (χ3n) is 3.80. The first kappa shape index (κ1) is 17.2. The van der Waals surface area contributed by atoms with Gasteiger partial charge in [0.15, 0.2) is 0 Å². The number of esters is 1. The van der Waals surface area contributed by atoms with Crippen LogP contribution >= 0.6 is 15.9 Å². The van der Waals surface area contributed by atoms with E-state index in [1.54, 1.807) is 31.4 Å². The molecule has 1 aliphatic rings. The van der Waals surface area contributed by atoms with Crippen LogP contribution in [-0.2, 0) is 22.6 Å². The zero-order valence-corrected chi connectivity index (χ0v) is 14.9. The summed E-state index contributed by atoms with van der Waals surface area (Å²) in [6, 6.07) is 10.2. The molecule has 0 spiro atoms. The Morgan fingerprint density at radius 2 is 1.96 bits per heavy atom. The van der Waals surface area contributed by atoms with Crippen LogP contribution in [0.1, 0.15) is 31.8 Å². The highest BCUT2D eigenvalue weighted by Crippen LogP contribution is 2.26. The van der Waals surface area contributed by atoms with Crippen LogP contribution in [0.25, 0.3) is 0 Å². The van der Waals surface area contributed by atoms with Crippen molar-refractivity contribution in [2.75, 3.05) is 7.11 Å². The standard InChI is InChI=1S/C18H14BrNO5/c1-24-14-7-10(5-6-13(14)19)9-25-15(21)8-11-3-2-4-12-16(11)18(23)20-17(12)22/h2-7H,8-9H2,1H3,(H,20,22,23). The number of fused-ring (bicyclic) bond motifs is 1. The van der Waals surface area contributed by atoms with E-state index < -0.39 is 17.8 Å². The molecule has 1 N–H and O–H groups in total. The largest absolute Gasteiger partial charge is 0.496 e. The van der Waals surface area contributed by atoms with Gasteiger partial charge in [0.25, 0.3) is 11.8 Å². The summed E-state index contributed by atoms with van der Waals surface area (Å²) in [5.74, 6) is -0.773. The van der Waals surface area contributed by atoms with Crippen molar-refractivity contribution in [2.24, 2.45) is 0 Å². The summed E-state index contributed by atoms with van der Waals surface area (Å²) in [6.45, 7) is 0.0859. The summed E-state index contributed by atoms with van der Waals surface area (Å²) < 4.78 is 11.3. The van der Waals surface area contributed by atoms with Gasteiger partial charge < -0.3 is 9.47 Å². The average molecular weight is 404 g/mol. The van der Waals surface area contributed by atoms with Gasteiger partial charge in [0.05, 0.1) is 29.1 Å². The number of rotatable bonds is 5. The highest BCUT2D eigenvalue weighted by Gasteiger charge is 2.29. The second-order valence-electron chi connectivity index (χ2n) is 5.43. The van der Waals surface area contributed by atoms with Gasteiger partial charge in [-0.3, -0.25) is 19.7 Å². The molecule has 0 radical (unpaired) electrons. The summed E-state index contributed by atoms with van der Waals surface area (Å²) in [6.07, 6.45) is -0.0858. The molecule has 0 atom stereocenters. The minimum atomic E-state index is -0.485. The zero-order chi connectivity index (χ0) is 18.0. The summed E-state index contributed by atoms with van der Waals surface area (Å²) in [7, 11) is 1.55. The monoisotopic (exact) mass is 403 g/mol. The van der Waals surface area contributed by atoms with Crippen LogP contribution in [0.4, 0.5) is 0 Å². The predicted octanol–water partition coefficient (Wildman–Crippen LogP) is 2.63. The van der Waals surface area contributed by atoms with E-state index in [-0.39, 0.29) is 24.2 Å². The van der Waals surface area contributed by atoms with E-state index in [1.165, 1.54) is 0 Å². The van der Waals surface area contributed by atoms with Gasteiger partial charge >= 0.3 is 5.97 Å². The quantitative estimate of drug-likeness (QED) is 0.612. The lowest BCUT2D eigenvalue weighted by molar-refractivity contribution is -0.144. The fraction of sp³-hybridized carbons (Fsp3) is 0.167. The number of methoxy groups -OCH3 is 1. The summed E-state index contributed by atoms with van der Waals surface area (Å²) in [5, 5.41) is 2.22. The Hall–Kier alpha value is -2.67. The molecule has 2 amide bonds. The number of carbonyl (C=O) groups is 3. The average Bonchev–Trinajstić information content (AvgIpc) is 2.89. The fourth-order valence-corrected chi connectivity index (χ4v) is 3.01. The summed E-state index contributed by atoms with van der Waals surface area (Å²) in [5.41, 5.74) is 1.78. The molecule has 0 saturated carbocycles. The highest BCUT2D eigenvalue weighted by molar-refractivity contribution is 9.10. The molecule has 6 nitrogen and oxygen atoms in total. The zero-order valence-electron chi connectivity index (χ0n) is 13.3. The molecule has 0 unspecified atom stereocenters. The first-order valence-corrected chi connectivity index (χ1v) is 8.24. The molecule has 2 aromatic carbocycles. The molecule has 0 aromatic heterocycles. The number of carbonyl (C=O) groups excluding carboxylic acids is 3. The van der Waals surface area contributed by atoms with E-state index in [4.69, 9.17) is 9.47 Å². The molecule has 1 aliphatic heterocycles. The van der Waals surface area contributed by atoms with E-state index in [1.807, 2.05) is 12.1 Å². The van der Waals surface area contributed by atoms with Gasteiger partial charge in [-0.2, -0.15) is 0 Å². The van der Waals surface area contributed by atoms with Gasteiger partial charge in [0, 0.05) is 0 Å². The second-order valence-corrected chi connectivity index (χ2v) is 6.28. The second kappa shape index (κ2) is 7.06. The predicted molar refractivity (Wildman–Crippen MR) is 92.4 cm³/mol. The van der Waals surface area contributed by atoms with Crippen molar-refractivity contribution in [3.63, 3.8) is 0 Å². The van der Waals surface area contributed by atoms with Crippen LogP contribution in [0, 0.1) is 0 Å². The summed E-state index contributed by atoms with van der Waals surface area (Å²) >= 11 is 3.36. The topological polar surface area (TPSA) is 81.7 Å².